The van der Waals surface area contributed by atoms with Crippen LogP contribution in [-0.4, -0.2) is 28.3 Å². The molecule has 0 aliphatic rings. The monoisotopic (exact) mass is 423 g/mol. The Bertz CT molecular complexity index is 1330. The molecule has 0 radical (unpaired) electrons. The van der Waals surface area contributed by atoms with Gasteiger partial charge < -0.3 is 9.47 Å². The Balaban J connectivity index is 1.64. The van der Waals surface area contributed by atoms with E-state index in [4.69, 9.17) is 9.47 Å². The van der Waals surface area contributed by atoms with E-state index < -0.39 is 0 Å². The molecule has 0 amide bonds. The first-order chi connectivity index (χ1) is 14.6. The molecule has 0 unspecified atom stereocenters. The Morgan fingerprint density at radius 3 is 2.57 bits per heavy atom. The Morgan fingerprint density at radius 1 is 1.10 bits per heavy atom. The van der Waals surface area contributed by atoms with E-state index in [1.807, 2.05) is 25.1 Å². The molecule has 2 aromatic carbocycles. The van der Waals surface area contributed by atoms with Gasteiger partial charge in [-0.2, -0.15) is 9.50 Å². The molecular formula is C22H18FN3O3S. The van der Waals surface area contributed by atoms with Gasteiger partial charge in [0.05, 0.1) is 18.2 Å². The molecule has 2 aromatic heterocycles. The van der Waals surface area contributed by atoms with E-state index in [1.165, 1.54) is 28.0 Å². The van der Waals surface area contributed by atoms with E-state index >= 15 is 0 Å². The van der Waals surface area contributed by atoms with Crippen LogP contribution in [0.25, 0.3) is 23.2 Å². The smallest absolute Gasteiger partial charge is 0.291 e. The Labute approximate surface area is 175 Å². The largest absolute Gasteiger partial charge is 0.493 e. The number of ether oxygens (including phenoxy) is 2. The standard InChI is InChI=1S/C22H18FN3O3S/c1-3-29-17-10-6-15(12-18(17)28-2)13-19-21(27)26-22(30-19)24-20(25-26)11-7-14-4-8-16(23)9-5-14/h4-13H,3H2,1-2H3/b11-7+,19-13+. The third kappa shape index (κ3) is 4.08. The topological polar surface area (TPSA) is 65.7 Å². The van der Waals surface area contributed by atoms with Crippen LogP contribution in [0.3, 0.4) is 0 Å². The van der Waals surface area contributed by atoms with E-state index in [0.717, 1.165) is 11.1 Å². The first kappa shape index (κ1) is 19.8. The zero-order chi connectivity index (χ0) is 21.1. The minimum atomic E-state index is -0.294. The third-order valence-corrected chi connectivity index (χ3v) is 5.24. The van der Waals surface area contributed by atoms with E-state index in [1.54, 1.807) is 37.5 Å². The molecule has 2 heterocycles. The number of nitrogens with zero attached hydrogens (tertiary/aromatic N) is 3. The summed E-state index contributed by atoms with van der Waals surface area (Å²) in [4.78, 5) is 17.6. The average molecular weight is 423 g/mol. The fraction of sp³-hybridized carbons (Fsp3) is 0.136. The van der Waals surface area contributed by atoms with Crippen LogP contribution >= 0.6 is 11.3 Å². The van der Waals surface area contributed by atoms with Crippen LogP contribution in [0.4, 0.5) is 4.39 Å². The summed E-state index contributed by atoms with van der Waals surface area (Å²) in [6.45, 7) is 2.44. The lowest BCUT2D eigenvalue weighted by atomic mass is 10.2. The van der Waals surface area contributed by atoms with Crippen LogP contribution in [0.5, 0.6) is 11.5 Å². The summed E-state index contributed by atoms with van der Waals surface area (Å²) in [6, 6.07) is 11.6. The van der Waals surface area contributed by atoms with Gasteiger partial charge in [0.25, 0.3) is 5.56 Å². The SMILES string of the molecule is CCOc1ccc(/C=c2/sc3nc(/C=C/c4ccc(F)cc4)nn3c2=O)cc1OC. The zero-order valence-corrected chi connectivity index (χ0v) is 17.1. The van der Waals surface area contributed by atoms with Gasteiger partial charge in [-0.3, -0.25) is 4.79 Å². The Morgan fingerprint density at radius 2 is 1.87 bits per heavy atom. The van der Waals surface area contributed by atoms with Gasteiger partial charge >= 0.3 is 0 Å². The van der Waals surface area contributed by atoms with Gasteiger partial charge in [0.2, 0.25) is 4.96 Å². The highest BCUT2D eigenvalue weighted by Gasteiger charge is 2.10. The molecule has 0 saturated heterocycles. The van der Waals surface area contributed by atoms with Crippen LogP contribution in [0, 0.1) is 5.82 Å². The average Bonchev–Trinajstić information content (AvgIpc) is 3.27. The van der Waals surface area contributed by atoms with Gasteiger partial charge in [-0.25, -0.2) is 4.39 Å². The number of hydrogen-bond acceptors (Lipinski definition) is 6. The summed E-state index contributed by atoms with van der Waals surface area (Å²) in [6.07, 6.45) is 5.23. The van der Waals surface area contributed by atoms with Gasteiger partial charge in [-0.15, -0.1) is 5.10 Å². The molecule has 0 atom stereocenters. The van der Waals surface area contributed by atoms with Crippen LogP contribution in [0.2, 0.25) is 0 Å². The number of methoxy groups -OCH3 is 1. The fourth-order valence-electron chi connectivity index (χ4n) is 2.86. The maximum atomic E-state index is 13.0. The van der Waals surface area contributed by atoms with Crippen molar-refractivity contribution in [3.63, 3.8) is 0 Å². The van der Waals surface area contributed by atoms with Gasteiger partial charge in [-0.05, 0) is 54.5 Å². The first-order valence-electron chi connectivity index (χ1n) is 9.23. The molecule has 8 heteroatoms. The van der Waals surface area contributed by atoms with Gasteiger partial charge in [-0.1, -0.05) is 35.6 Å². The summed E-state index contributed by atoms with van der Waals surface area (Å²) in [7, 11) is 1.57. The fourth-order valence-corrected chi connectivity index (χ4v) is 3.78. The van der Waals surface area contributed by atoms with Crippen molar-refractivity contribution in [2.24, 2.45) is 0 Å². The van der Waals surface area contributed by atoms with Gasteiger partial charge in [0, 0.05) is 0 Å². The number of aromatic nitrogens is 3. The normalized spacial score (nSPS) is 12.2. The summed E-state index contributed by atoms with van der Waals surface area (Å²) in [5, 5.41) is 4.26. The summed E-state index contributed by atoms with van der Waals surface area (Å²) >= 11 is 1.26. The minimum Gasteiger partial charge on any atom is -0.493 e. The van der Waals surface area contributed by atoms with Crippen molar-refractivity contribution in [2.75, 3.05) is 13.7 Å². The van der Waals surface area contributed by atoms with E-state index in [9.17, 15) is 9.18 Å². The highest BCUT2D eigenvalue weighted by atomic mass is 32.1. The van der Waals surface area contributed by atoms with Crippen molar-refractivity contribution < 1.29 is 13.9 Å². The summed E-state index contributed by atoms with van der Waals surface area (Å²) < 4.78 is 25.7. The maximum absolute atomic E-state index is 13.0. The molecule has 0 aliphatic heterocycles. The predicted octanol–water partition coefficient (Wildman–Crippen LogP) is 3.42. The van der Waals surface area contributed by atoms with Crippen molar-refractivity contribution >= 4 is 34.5 Å². The van der Waals surface area contributed by atoms with Crippen molar-refractivity contribution in [3.05, 3.63) is 80.1 Å². The van der Waals surface area contributed by atoms with Crippen LogP contribution < -0.4 is 19.6 Å². The highest BCUT2D eigenvalue weighted by Crippen LogP contribution is 2.28. The number of hydrogen-bond donors (Lipinski definition) is 0. The highest BCUT2D eigenvalue weighted by molar-refractivity contribution is 7.15. The second-order valence-corrected chi connectivity index (χ2v) is 7.32. The quantitative estimate of drug-likeness (QED) is 0.476. The van der Waals surface area contributed by atoms with E-state index in [0.29, 0.717) is 33.4 Å². The van der Waals surface area contributed by atoms with E-state index in [2.05, 4.69) is 10.1 Å². The molecule has 0 aliphatic carbocycles. The molecular weight excluding hydrogens is 405 g/mol. The Kier molecular flexibility index (Phi) is 5.58. The maximum Gasteiger partial charge on any atom is 0.291 e. The number of thiazole rings is 1. The van der Waals surface area contributed by atoms with Crippen LogP contribution in [0.1, 0.15) is 23.9 Å². The van der Waals surface area contributed by atoms with Crippen LogP contribution in [-0.2, 0) is 0 Å². The number of halogens is 1. The molecule has 30 heavy (non-hydrogen) atoms. The molecule has 4 rings (SSSR count). The third-order valence-electron chi connectivity index (χ3n) is 4.28. The molecule has 0 bridgehead atoms. The summed E-state index contributed by atoms with van der Waals surface area (Å²) in [5.41, 5.74) is 1.39. The summed E-state index contributed by atoms with van der Waals surface area (Å²) in [5.74, 6) is 1.38. The van der Waals surface area contributed by atoms with Crippen LogP contribution in [0.15, 0.2) is 47.3 Å². The van der Waals surface area contributed by atoms with Crippen molar-refractivity contribution in [1.82, 2.24) is 14.6 Å². The van der Waals surface area contributed by atoms with Crippen molar-refractivity contribution in [2.45, 2.75) is 6.92 Å². The molecule has 0 N–H and O–H groups in total. The second-order valence-electron chi connectivity index (χ2n) is 6.31. The van der Waals surface area contributed by atoms with Crippen molar-refractivity contribution in [3.8, 4) is 11.5 Å². The second kappa shape index (κ2) is 8.46. The number of benzene rings is 2. The molecule has 0 saturated carbocycles. The minimum absolute atomic E-state index is 0.239. The number of fused-ring (bicyclic) bond motifs is 1. The molecule has 4 aromatic rings. The lowest BCUT2D eigenvalue weighted by Gasteiger charge is -2.09. The van der Waals surface area contributed by atoms with Gasteiger partial charge in [0.1, 0.15) is 5.82 Å². The van der Waals surface area contributed by atoms with Gasteiger partial charge in [0.15, 0.2) is 17.3 Å². The van der Waals surface area contributed by atoms with E-state index in [-0.39, 0.29) is 11.4 Å². The molecule has 0 fully saturated rings. The van der Waals surface area contributed by atoms with Crippen molar-refractivity contribution in [1.29, 1.82) is 0 Å². The molecule has 6 nitrogen and oxygen atoms in total. The molecule has 0 spiro atoms. The lowest BCUT2D eigenvalue weighted by molar-refractivity contribution is 0.311. The lowest BCUT2D eigenvalue weighted by Crippen LogP contribution is -2.23. The Hall–Kier alpha value is -3.52. The zero-order valence-electron chi connectivity index (χ0n) is 16.3. The first-order valence-corrected chi connectivity index (χ1v) is 10.0. The predicted molar refractivity (Wildman–Crippen MR) is 115 cm³/mol. The number of rotatable bonds is 6. The molecule has 152 valence electrons.